The Morgan fingerprint density at radius 2 is 3.00 bits per heavy atom. The average molecular weight is 150 g/mol. The van der Waals surface area contributed by atoms with Crippen LogP contribution >= 0.6 is 15.9 Å². The third kappa shape index (κ3) is 0.627. The van der Waals surface area contributed by atoms with Crippen LogP contribution in [0.4, 0.5) is 0 Å². The van der Waals surface area contributed by atoms with Crippen molar-refractivity contribution in [3.05, 3.63) is 22.9 Å². The van der Waals surface area contributed by atoms with Gasteiger partial charge >= 0.3 is 0 Å². The van der Waals surface area contributed by atoms with Crippen molar-refractivity contribution in [2.75, 3.05) is 0 Å². The first-order valence-corrected chi connectivity index (χ1v) is 2.18. The molecule has 0 aliphatic carbocycles. The van der Waals surface area contributed by atoms with Gasteiger partial charge in [0, 0.05) is 6.17 Å². The molecule has 0 spiro atoms. The molecule has 0 amide bonds. The molecule has 0 saturated carbocycles. The van der Waals surface area contributed by atoms with Crippen LogP contribution in [0.1, 0.15) is 4.11 Å². The highest BCUT2D eigenvalue weighted by Crippen LogP contribution is 2.01. The molecule has 1 aromatic rings. The molecule has 32 valence electrons. The second kappa shape index (κ2) is 1.47. The summed E-state index contributed by atoms with van der Waals surface area (Å²) < 4.78 is 28.4. The molecule has 1 nitrogen and oxygen atoms in total. The fraction of sp³-hybridized carbons (Fsp3) is 0. The van der Waals surface area contributed by atoms with Crippen LogP contribution in [-0.4, -0.2) is 4.98 Å². The quantitative estimate of drug-likeness (QED) is 0.580. The van der Waals surface area contributed by atoms with Gasteiger partial charge in [0.25, 0.3) is 0 Å². The number of H-pyrrole nitrogens is 1. The van der Waals surface area contributed by atoms with E-state index < -0.39 is 0 Å². The van der Waals surface area contributed by atoms with Crippen LogP contribution in [0.25, 0.3) is 0 Å². The summed E-state index contributed by atoms with van der Waals surface area (Å²) in [5.74, 6) is 0. The fourth-order valence-corrected chi connectivity index (χ4v) is 0.372. The lowest BCUT2D eigenvalue weighted by atomic mass is 10.7. The summed E-state index contributed by atoms with van der Waals surface area (Å²) in [5.41, 5.74) is 0. The van der Waals surface area contributed by atoms with Crippen molar-refractivity contribution in [3.63, 3.8) is 0 Å². The molecule has 1 heterocycles. The Hall–Kier alpha value is -0.240. The molecule has 1 aromatic heterocycles. The minimum atomic E-state index is -0.267. The van der Waals surface area contributed by atoms with Crippen molar-refractivity contribution in [1.82, 2.24) is 4.98 Å². The largest absolute Gasteiger partial charge is 0.356 e. The molecule has 0 aromatic carbocycles. The molecule has 0 aliphatic heterocycles. The van der Waals surface area contributed by atoms with E-state index in [2.05, 4.69) is 15.9 Å². The van der Waals surface area contributed by atoms with Crippen molar-refractivity contribution < 1.29 is 5.52 Å². The highest BCUT2D eigenvalue weighted by Gasteiger charge is 1.74. The predicted molar refractivity (Wildman–Crippen MR) is 28.5 cm³/mol. The molecule has 2 heteroatoms. The van der Waals surface area contributed by atoms with E-state index in [0.717, 1.165) is 0 Å². The van der Waals surface area contributed by atoms with Gasteiger partial charge in [-0.2, -0.15) is 0 Å². The molecule has 0 aliphatic rings. The van der Waals surface area contributed by atoms with Crippen molar-refractivity contribution in [2.45, 2.75) is 0 Å². The second-order valence-corrected chi connectivity index (χ2v) is 1.52. The Labute approximate surface area is 50.2 Å². The standard InChI is InChI=1S/C4H4BrN/c5-4-2-1-3-6-4/h1-3,6H/i1D,2D,3D/hD. The summed E-state index contributed by atoms with van der Waals surface area (Å²) in [6, 6.07) is -0.332. The number of aromatic amines is 1. The third-order valence-electron chi connectivity index (χ3n) is 0.376. The lowest BCUT2D eigenvalue weighted by Gasteiger charge is -1.67. The molecule has 1 N–H and O–H groups in total. The minimum Gasteiger partial charge on any atom is -0.356 e. The summed E-state index contributed by atoms with van der Waals surface area (Å²) in [6.07, 6.45) is -0.267. The summed E-state index contributed by atoms with van der Waals surface area (Å²) in [4.78, 5) is 0.699. The van der Waals surface area contributed by atoms with Crippen LogP contribution < -0.4 is 0 Å². The van der Waals surface area contributed by atoms with E-state index in [9.17, 15) is 0 Å². The van der Waals surface area contributed by atoms with Crippen molar-refractivity contribution in [2.24, 2.45) is 0 Å². The van der Waals surface area contributed by atoms with E-state index in [1.54, 1.807) is 0 Å². The zero-order valence-corrected chi connectivity index (χ0v) is 4.41. The first kappa shape index (κ1) is 1.37. The van der Waals surface area contributed by atoms with Crippen LogP contribution in [-0.2, 0) is 0 Å². The van der Waals surface area contributed by atoms with Gasteiger partial charge in [-0.1, -0.05) is 0 Å². The van der Waals surface area contributed by atoms with Crippen molar-refractivity contribution >= 4 is 15.9 Å². The van der Waals surface area contributed by atoms with E-state index in [0.29, 0.717) is 4.98 Å². The Bertz CT molecular complexity index is 188. The van der Waals surface area contributed by atoms with Gasteiger partial charge in [0.1, 0.15) is 0 Å². The van der Waals surface area contributed by atoms with Gasteiger partial charge in [0.05, 0.1) is 8.72 Å². The van der Waals surface area contributed by atoms with Gasteiger partial charge in [-0.25, -0.2) is 0 Å². The second-order valence-electron chi connectivity index (χ2n) is 0.764. The van der Waals surface area contributed by atoms with E-state index in [1.165, 1.54) is 0 Å². The van der Waals surface area contributed by atoms with Crippen LogP contribution in [0, 0.1) is 0 Å². The topological polar surface area (TPSA) is 15.8 Å². The van der Waals surface area contributed by atoms with Crippen molar-refractivity contribution in [3.8, 4) is 0 Å². The predicted octanol–water partition coefficient (Wildman–Crippen LogP) is 1.78. The van der Waals surface area contributed by atoms with Gasteiger partial charge < -0.3 is 4.98 Å². The average Bonchev–Trinajstić information content (AvgIpc) is 2.07. The highest BCUT2D eigenvalue weighted by atomic mass is 79.9. The maximum atomic E-state index is 7.11. The first-order chi connectivity index (χ1) is 4.55. The Kier molecular flexibility index (Phi) is 0.336. The number of hydrogen-bond acceptors (Lipinski definition) is 0. The summed E-state index contributed by atoms with van der Waals surface area (Å²) in [5, 5.41) is 0. The number of halogens is 1. The molecule has 6 heavy (non-hydrogen) atoms. The molecular weight excluding hydrogens is 142 g/mol. The highest BCUT2D eigenvalue weighted by molar-refractivity contribution is 9.10. The van der Waals surface area contributed by atoms with Crippen LogP contribution in [0.5, 0.6) is 0 Å². The Balaban J connectivity index is 3.44. The summed E-state index contributed by atoms with van der Waals surface area (Å²) in [6.45, 7) is 0. The van der Waals surface area contributed by atoms with Gasteiger partial charge in [-0.15, -0.1) is 0 Å². The monoisotopic (exact) mass is 149 g/mol. The molecule has 0 saturated heterocycles. The Morgan fingerprint density at radius 3 is 3.17 bits per heavy atom. The van der Waals surface area contributed by atoms with Crippen molar-refractivity contribution in [1.29, 1.82) is 0 Å². The molecule has 0 bridgehead atoms. The first-order valence-electron chi connectivity index (χ1n) is 3.33. The van der Waals surface area contributed by atoms with Crippen LogP contribution in [0.3, 0.4) is 0 Å². The normalized spacial score (nSPS) is 18.2. The lowest BCUT2D eigenvalue weighted by molar-refractivity contribution is 1.36. The summed E-state index contributed by atoms with van der Waals surface area (Å²) in [7, 11) is 0. The fourth-order valence-electron chi connectivity index (χ4n) is 0.185. The van der Waals surface area contributed by atoms with E-state index in [1.807, 2.05) is 0 Å². The molecule has 1 rings (SSSR count). The molecule has 0 unspecified atom stereocenters. The summed E-state index contributed by atoms with van der Waals surface area (Å²) >= 11 is 2.90. The van der Waals surface area contributed by atoms with E-state index in [-0.39, 0.29) is 22.9 Å². The van der Waals surface area contributed by atoms with E-state index >= 15 is 0 Å². The molecular formula is C4H4BrN. The maximum Gasteiger partial charge on any atom is 0.166 e. The zero-order chi connectivity index (χ0) is 7.89. The van der Waals surface area contributed by atoms with Crippen LogP contribution in [0.2, 0.25) is 1.41 Å². The lowest BCUT2D eigenvalue weighted by Crippen LogP contribution is -1.50. The Morgan fingerprint density at radius 1 is 2.17 bits per heavy atom. The van der Waals surface area contributed by atoms with Gasteiger partial charge in [0.15, 0.2) is 1.41 Å². The number of hydrogen-bond donors (Lipinski definition) is 1. The maximum absolute atomic E-state index is 7.11. The number of rotatable bonds is 0. The molecule has 0 radical (unpaired) electrons. The minimum absolute atomic E-state index is 0.111. The SMILES string of the molecule is [2H]c1c([2H])c(Br)n([2H])c1[2H]. The molecule has 0 fully saturated rings. The third-order valence-corrected chi connectivity index (χ3v) is 0.751. The van der Waals surface area contributed by atoms with Gasteiger partial charge in [-0.05, 0) is 28.0 Å². The number of aromatic nitrogens is 1. The number of nitrogens with one attached hydrogen (secondary N) is 1. The van der Waals surface area contributed by atoms with Crippen LogP contribution in [0.15, 0.2) is 22.9 Å². The van der Waals surface area contributed by atoms with Gasteiger partial charge in [0.2, 0.25) is 0 Å². The van der Waals surface area contributed by atoms with Gasteiger partial charge in [-0.3, -0.25) is 0 Å². The smallest absolute Gasteiger partial charge is 0.166 e. The molecule has 0 atom stereocenters. The zero-order valence-electron chi connectivity index (χ0n) is 6.83. The van der Waals surface area contributed by atoms with E-state index in [4.69, 9.17) is 5.52 Å².